The second-order valence-corrected chi connectivity index (χ2v) is 6.40. The minimum atomic E-state index is -3.26. The van der Waals surface area contributed by atoms with Gasteiger partial charge in [-0.1, -0.05) is 12.8 Å². The molecule has 94 valence electrons. The third-order valence-corrected chi connectivity index (χ3v) is 4.14. The molecule has 0 bridgehead atoms. The molecule has 0 aromatic heterocycles. The highest BCUT2D eigenvalue weighted by molar-refractivity contribution is 7.88. The van der Waals surface area contributed by atoms with E-state index in [9.17, 15) is 13.2 Å². The van der Waals surface area contributed by atoms with Crippen molar-refractivity contribution in [1.29, 1.82) is 0 Å². The summed E-state index contributed by atoms with van der Waals surface area (Å²) in [5.41, 5.74) is 0. The van der Waals surface area contributed by atoms with Crippen LogP contribution >= 0.6 is 0 Å². The Morgan fingerprint density at radius 3 is 2.12 bits per heavy atom. The molecule has 1 aliphatic heterocycles. The van der Waals surface area contributed by atoms with Crippen LogP contribution in [0.4, 0.5) is 0 Å². The molecule has 0 saturated carbocycles. The van der Waals surface area contributed by atoms with E-state index in [0.717, 1.165) is 49.3 Å². The first-order valence-corrected chi connectivity index (χ1v) is 7.45. The van der Waals surface area contributed by atoms with Gasteiger partial charge in [0, 0.05) is 20.1 Å². The summed E-state index contributed by atoms with van der Waals surface area (Å²) >= 11 is 0. The highest BCUT2D eigenvalue weighted by Crippen LogP contribution is 2.10. The molecule has 1 amide bonds. The fourth-order valence-electron chi connectivity index (χ4n) is 1.73. The van der Waals surface area contributed by atoms with Gasteiger partial charge in [-0.25, -0.2) is 8.42 Å². The van der Waals surface area contributed by atoms with Gasteiger partial charge in [0.2, 0.25) is 15.9 Å². The summed E-state index contributed by atoms with van der Waals surface area (Å²) in [4.78, 5) is 13.6. The summed E-state index contributed by atoms with van der Waals surface area (Å²) in [6.45, 7) is 1.48. The molecule has 0 aromatic carbocycles. The number of hydrogen-bond donors (Lipinski definition) is 0. The van der Waals surface area contributed by atoms with E-state index < -0.39 is 10.0 Å². The number of likely N-dealkylation sites (N-methyl/N-ethyl adjacent to an activating group) is 1. The zero-order valence-corrected chi connectivity index (χ0v) is 10.8. The van der Waals surface area contributed by atoms with Crippen LogP contribution < -0.4 is 0 Å². The van der Waals surface area contributed by atoms with Gasteiger partial charge in [-0.15, -0.1) is 0 Å². The van der Waals surface area contributed by atoms with Crippen molar-refractivity contribution in [3.63, 3.8) is 0 Å². The number of amides is 1. The molecule has 0 radical (unpaired) electrons. The first-order valence-electron chi connectivity index (χ1n) is 5.60. The maximum atomic E-state index is 11.8. The van der Waals surface area contributed by atoms with Gasteiger partial charge in [0.25, 0.3) is 0 Å². The number of carbonyl (C=O) groups excluding carboxylic acids is 1. The van der Waals surface area contributed by atoms with Gasteiger partial charge in [-0.2, -0.15) is 4.31 Å². The van der Waals surface area contributed by atoms with Crippen LogP contribution in [0.1, 0.15) is 25.7 Å². The number of hydrogen-bond acceptors (Lipinski definition) is 3. The van der Waals surface area contributed by atoms with Crippen LogP contribution in [0, 0.1) is 0 Å². The van der Waals surface area contributed by atoms with Gasteiger partial charge in [-0.05, 0) is 12.8 Å². The Hall–Kier alpha value is -0.620. The molecule has 1 heterocycles. The van der Waals surface area contributed by atoms with Crippen LogP contribution in [0.25, 0.3) is 0 Å². The lowest BCUT2D eigenvalue weighted by atomic mass is 10.2. The predicted octanol–water partition coefficient (Wildman–Crippen LogP) is 0.280. The van der Waals surface area contributed by atoms with Crippen LogP contribution in [-0.4, -0.2) is 56.5 Å². The van der Waals surface area contributed by atoms with Crippen molar-refractivity contribution >= 4 is 15.9 Å². The Kier molecular flexibility index (Phi) is 4.73. The second-order valence-electron chi connectivity index (χ2n) is 4.31. The topological polar surface area (TPSA) is 57.7 Å². The molecule has 1 saturated heterocycles. The van der Waals surface area contributed by atoms with Gasteiger partial charge in [0.1, 0.15) is 0 Å². The van der Waals surface area contributed by atoms with E-state index in [1.807, 2.05) is 0 Å². The van der Waals surface area contributed by atoms with Crippen LogP contribution in [0.2, 0.25) is 0 Å². The van der Waals surface area contributed by atoms with E-state index >= 15 is 0 Å². The molecule has 1 rings (SSSR count). The van der Waals surface area contributed by atoms with Crippen molar-refractivity contribution in [3.8, 4) is 0 Å². The Labute approximate surface area is 97.5 Å². The van der Waals surface area contributed by atoms with E-state index in [2.05, 4.69) is 0 Å². The summed E-state index contributed by atoms with van der Waals surface area (Å²) in [6, 6.07) is 0. The molecule has 5 nitrogen and oxygen atoms in total. The minimum absolute atomic E-state index is 0.0428. The molecule has 1 aliphatic rings. The summed E-state index contributed by atoms with van der Waals surface area (Å²) in [5.74, 6) is -0.0881. The minimum Gasteiger partial charge on any atom is -0.342 e. The first kappa shape index (κ1) is 13.4. The largest absolute Gasteiger partial charge is 0.342 e. The summed E-state index contributed by atoms with van der Waals surface area (Å²) < 4.78 is 23.4. The van der Waals surface area contributed by atoms with E-state index in [4.69, 9.17) is 0 Å². The maximum Gasteiger partial charge on any atom is 0.237 e. The molecule has 16 heavy (non-hydrogen) atoms. The number of likely N-dealkylation sites (tertiary alicyclic amines) is 1. The van der Waals surface area contributed by atoms with Gasteiger partial charge in [0.05, 0.1) is 12.8 Å². The molecule has 0 aromatic rings. The van der Waals surface area contributed by atoms with Gasteiger partial charge in [0.15, 0.2) is 0 Å². The molecule has 0 atom stereocenters. The van der Waals surface area contributed by atoms with Gasteiger partial charge >= 0.3 is 0 Å². The fraction of sp³-hybridized carbons (Fsp3) is 0.900. The SMILES string of the molecule is CN(CC(=O)N1CCCCCC1)S(C)(=O)=O. The lowest BCUT2D eigenvalue weighted by Gasteiger charge is -2.23. The second kappa shape index (κ2) is 5.63. The van der Waals surface area contributed by atoms with Crippen molar-refractivity contribution in [2.24, 2.45) is 0 Å². The van der Waals surface area contributed by atoms with Crippen LogP contribution in [0.3, 0.4) is 0 Å². The van der Waals surface area contributed by atoms with Crippen LogP contribution in [0.15, 0.2) is 0 Å². The third-order valence-electron chi connectivity index (χ3n) is 2.88. The number of nitrogens with zero attached hydrogens (tertiary/aromatic N) is 2. The van der Waals surface area contributed by atoms with E-state index in [-0.39, 0.29) is 12.5 Å². The summed E-state index contributed by atoms with van der Waals surface area (Å²) in [5, 5.41) is 0. The molecule has 0 spiro atoms. The fourth-order valence-corrected chi connectivity index (χ4v) is 2.07. The lowest BCUT2D eigenvalue weighted by Crippen LogP contribution is -2.41. The van der Waals surface area contributed by atoms with E-state index in [0.29, 0.717) is 0 Å². The number of carbonyl (C=O) groups is 1. The highest BCUT2D eigenvalue weighted by atomic mass is 32.2. The van der Waals surface area contributed by atoms with Crippen molar-refractivity contribution < 1.29 is 13.2 Å². The maximum absolute atomic E-state index is 11.8. The third kappa shape index (κ3) is 4.09. The molecular formula is C10H20N2O3S. The van der Waals surface area contributed by atoms with Crippen LogP contribution in [-0.2, 0) is 14.8 Å². The highest BCUT2D eigenvalue weighted by Gasteiger charge is 2.20. The normalized spacial score (nSPS) is 18.6. The van der Waals surface area contributed by atoms with Crippen molar-refractivity contribution in [3.05, 3.63) is 0 Å². The zero-order chi connectivity index (χ0) is 12.2. The molecular weight excluding hydrogens is 228 g/mol. The lowest BCUT2D eigenvalue weighted by molar-refractivity contribution is -0.131. The molecule has 1 fully saturated rings. The van der Waals surface area contributed by atoms with Gasteiger partial charge < -0.3 is 4.90 Å². The Balaban J connectivity index is 2.51. The predicted molar refractivity (Wildman–Crippen MR) is 62.5 cm³/mol. The smallest absolute Gasteiger partial charge is 0.237 e. The number of sulfonamides is 1. The quantitative estimate of drug-likeness (QED) is 0.721. The number of rotatable bonds is 3. The molecule has 6 heteroatoms. The summed E-state index contributed by atoms with van der Waals surface area (Å²) in [7, 11) is -1.82. The van der Waals surface area contributed by atoms with Crippen molar-refractivity contribution in [2.75, 3.05) is 32.9 Å². The molecule has 0 aliphatic carbocycles. The van der Waals surface area contributed by atoms with E-state index in [1.165, 1.54) is 7.05 Å². The zero-order valence-electron chi connectivity index (χ0n) is 9.98. The average molecular weight is 248 g/mol. The van der Waals surface area contributed by atoms with Crippen molar-refractivity contribution in [2.45, 2.75) is 25.7 Å². The van der Waals surface area contributed by atoms with Crippen LogP contribution in [0.5, 0.6) is 0 Å². The van der Waals surface area contributed by atoms with E-state index in [1.54, 1.807) is 4.90 Å². The Bertz CT molecular complexity index is 332. The van der Waals surface area contributed by atoms with Crippen molar-refractivity contribution in [1.82, 2.24) is 9.21 Å². The standard InChI is InChI=1S/C10H20N2O3S/c1-11(16(2,14)15)9-10(13)12-7-5-3-4-6-8-12/h3-9H2,1-2H3. The average Bonchev–Trinajstić information content (AvgIpc) is 2.43. The first-order chi connectivity index (χ1) is 7.41. The van der Waals surface area contributed by atoms with Gasteiger partial charge in [-0.3, -0.25) is 4.79 Å². The molecule has 0 N–H and O–H groups in total. The molecule has 0 unspecified atom stereocenters. The monoisotopic (exact) mass is 248 g/mol. The Morgan fingerprint density at radius 1 is 1.19 bits per heavy atom. The Morgan fingerprint density at radius 2 is 1.69 bits per heavy atom. The summed E-state index contributed by atoms with van der Waals surface area (Å²) in [6.07, 6.45) is 5.47.